The number of urea groups is 3. The van der Waals surface area contributed by atoms with Crippen molar-refractivity contribution in [1.82, 2.24) is 50.8 Å². The minimum absolute atomic E-state index is 0.0683. The zero-order chi connectivity index (χ0) is 76.0. The minimum atomic E-state index is -4.20. The van der Waals surface area contributed by atoms with Crippen LogP contribution in [0.5, 0.6) is 5.75 Å². The van der Waals surface area contributed by atoms with Gasteiger partial charge in [0, 0.05) is 98.7 Å². The topological polar surface area (TPSA) is 420 Å². The van der Waals surface area contributed by atoms with Crippen molar-refractivity contribution in [3.63, 3.8) is 0 Å². The zero-order valence-corrected chi connectivity index (χ0v) is 60.3. The van der Waals surface area contributed by atoms with Gasteiger partial charge in [0.1, 0.15) is 47.1 Å². The second kappa shape index (κ2) is 37.3. The molecule has 1 aliphatic heterocycles. The molecule has 0 radical (unpaired) electrons. The molecule has 2 aromatic heterocycles. The van der Waals surface area contributed by atoms with Crippen LogP contribution >= 0.6 is 0 Å². The van der Waals surface area contributed by atoms with Gasteiger partial charge in [0.05, 0.1) is 59.1 Å². The lowest BCUT2D eigenvalue weighted by Crippen LogP contribution is -2.57. The molecule has 0 unspecified atom stereocenters. The summed E-state index contributed by atoms with van der Waals surface area (Å²) in [4.78, 5) is 133. The number of aliphatic carboxylic acids is 1. The van der Waals surface area contributed by atoms with E-state index in [1.54, 1.807) is 57.1 Å². The molecule has 104 heavy (non-hydrogen) atoms. The van der Waals surface area contributed by atoms with Crippen LogP contribution in [0.3, 0.4) is 0 Å². The fourth-order valence-corrected chi connectivity index (χ4v) is 13.3. The number of benzene rings is 4. The number of hydrogen-bond acceptors (Lipinski definition) is 18. The standard InChI is InChI=1S/C69H87F2N17O14S2/c1-9-25-74-67(96)77-48-14-11-16-50(35-48)104(100,101)83-49-15-10-13-44(33-49)54(38-62(91)92)80-68(97)76-46-19-21-47(22-20-46)78-69(98)87(6)31-30-85(4)28-29-86(5)40-61(90)79-55(37-58(72)89)66(95)88-27-12-17-56(88)64(93)82-63(42(2)3)65(94)84-103(8,99)41-43-24-26-73-59(32-43)81-60-36-52(53(71)39-75-60)51-23-18-45(70)34-57(51)102-7/h10-11,13-16,18-24,26,32-36,39,42,54-56,63,83H,9,12,17,25,27-31,37-38,40-41H2,1-8H3,(H2,72,89)(H,78,98)(H,79,90)(H,82,93)(H,91,92)(H,73,75,81)(H2,74,77,96)(H2,76,80,97)/t54-,55-,56-,63-,103-/m0/s1. The van der Waals surface area contributed by atoms with Crippen LogP contribution in [0.1, 0.15) is 70.0 Å². The number of carboxylic acid groups (broad SMARTS) is 1. The summed E-state index contributed by atoms with van der Waals surface area (Å²) in [6, 6.07) is 19.1. The number of sulfonamides is 1. The number of hydrogen-bond donors (Lipinski definition) is 11. The molecule has 558 valence electrons. The number of methoxy groups -OCH3 is 1. The zero-order valence-electron chi connectivity index (χ0n) is 58.7. The number of pyridine rings is 2. The molecule has 5 atom stereocenters. The van der Waals surface area contributed by atoms with Gasteiger partial charge in [-0.1, -0.05) is 39.0 Å². The van der Waals surface area contributed by atoms with Crippen molar-refractivity contribution >= 4 is 108 Å². The molecule has 35 heteroatoms. The Morgan fingerprint density at radius 2 is 1.42 bits per heavy atom. The number of aromatic nitrogens is 2. The van der Waals surface area contributed by atoms with E-state index in [0.717, 1.165) is 12.3 Å². The van der Waals surface area contributed by atoms with Crippen LogP contribution in [-0.4, -0.2) is 199 Å². The summed E-state index contributed by atoms with van der Waals surface area (Å²) in [5.41, 5.74) is 7.61. The molecule has 12 N–H and O–H groups in total. The summed E-state index contributed by atoms with van der Waals surface area (Å²) < 4.78 is 81.5. The van der Waals surface area contributed by atoms with E-state index in [1.807, 2.05) is 18.9 Å². The number of likely N-dealkylation sites (tertiary alicyclic amines) is 1. The van der Waals surface area contributed by atoms with Crippen molar-refractivity contribution in [1.29, 1.82) is 0 Å². The highest BCUT2D eigenvalue weighted by molar-refractivity contribution is 7.93. The quantitative estimate of drug-likeness (QED) is 0.0206. The Hall–Kier alpha value is -10.9. The SMILES string of the molecule is CCCNC(=O)Nc1cccc(S(=O)(=O)Nc2cccc([C@H](CC(=O)O)NC(=O)Nc3ccc(NC(=O)N(C)CCN(C)CCN(C)CC(=O)N[C@@H](CC(N)=O)C(=O)N4CCC[C@H]4C(=O)N[C@H](C(=O)N=[S@@](C)(=O)Cc4ccnc(Nc5cc(-c6ccc(F)cc6OC)c(F)cn5)c4)C(C)C)cc3)c2)c1. The number of anilines is 6. The summed E-state index contributed by atoms with van der Waals surface area (Å²) >= 11 is 0. The smallest absolute Gasteiger partial charge is 0.321 e. The largest absolute Gasteiger partial charge is 0.496 e. The Labute approximate surface area is 601 Å². The normalized spacial score (nSPS) is 14.2. The summed E-state index contributed by atoms with van der Waals surface area (Å²) in [6.45, 7) is 6.96. The summed E-state index contributed by atoms with van der Waals surface area (Å²) in [5, 5.41) is 31.3. The van der Waals surface area contributed by atoms with E-state index in [2.05, 4.69) is 61.6 Å². The van der Waals surface area contributed by atoms with Crippen molar-refractivity contribution in [2.24, 2.45) is 16.0 Å². The minimum Gasteiger partial charge on any atom is -0.496 e. The Kier molecular flexibility index (Phi) is 28.9. The number of nitrogens with zero attached hydrogens (tertiary/aromatic N) is 7. The van der Waals surface area contributed by atoms with Crippen LogP contribution in [0.4, 0.5) is 57.5 Å². The number of nitrogens with two attached hydrogens (primary N) is 1. The molecule has 4 aromatic carbocycles. The van der Waals surface area contributed by atoms with E-state index >= 15 is 0 Å². The van der Waals surface area contributed by atoms with Gasteiger partial charge in [0.25, 0.3) is 15.9 Å². The van der Waals surface area contributed by atoms with Crippen molar-refractivity contribution in [3.8, 4) is 16.9 Å². The van der Waals surface area contributed by atoms with Crippen molar-refractivity contribution in [3.05, 3.63) is 144 Å². The van der Waals surface area contributed by atoms with Crippen molar-refractivity contribution < 1.29 is 74.4 Å². The molecule has 1 saturated heterocycles. The Morgan fingerprint density at radius 3 is 2.12 bits per heavy atom. The summed E-state index contributed by atoms with van der Waals surface area (Å²) in [7, 11) is -1.12. The first-order chi connectivity index (χ1) is 49.3. The first-order valence-corrected chi connectivity index (χ1v) is 36.6. The number of carboxylic acids is 1. The molecule has 11 amide bonds. The van der Waals surface area contributed by atoms with Gasteiger partial charge in [-0.15, -0.1) is 0 Å². The highest BCUT2D eigenvalue weighted by Gasteiger charge is 2.40. The van der Waals surface area contributed by atoms with Crippen LogP contribution < -0.4 is 57.7 Å². The van der Waals surface area contributed by atoms with E-state index < -0.39 is 128 Å². The number of carbonyl (C=O) groups excluding carboxylic acids is 8. The lowest BCUT2D eigenvalue weighted by molar-refractivity contribution is -0.143. The molecule has 1 aliphatic rings. The fraction of sp³-hybridized carbons (Fsp3) is 0.377. The van der Waals surface area contributed by atoms with Gasteiger partial charge in [-0.25, -0.2) is 45.8 Å². The number of nitrogens with one attached hydrogen (secondary N) is 9. The molecule has 0 bridgehead atoms. The molecular formula is C69H87F2N17O14S2. The Balaban J connectivity index is 0.841. The molecule has 0 saturated carbocycles. The van der Waals surface area contributed by atoms with Crippen molar-refractivity contribution in [2.75, 3.05) is 106 Å². The van der Waals surface area contributed by atoms with Crippen LogP contribution in [0, 0.1) is 17.6 Å². The van der Waals surface area contributed by atoms with E-state index in [9.17, 15) is 69.7 Å². The highest BCUT2D eigenvalue weighted by atomic mass is 32.2. The third kappa shape index (κ3) is 24.4. The number of likely N-dealkylation sites (N-methyl/N-ethyl adjacent to an activating group) is 3. The fourth-order valence-electron chi connectivity index (χ4n) is 10.9. The number of halogens is 2. The van der Waals surface area contributed by atoms with Crippen LogP contribution in [-0.2, 0) is 54.3 Å². The van der Waals surface area contributed by atoms with Crippen LogP contribution in [0.25, 0.3) is 11.1 Å². The molecule has 31 nitrogen and oxygen atoms in total. The molecular weight excluding hydrogens is 1390 g/mol. The van der Waals surface area contributed by atoms with Gasteiger partial charge in [0.15, 0.2) is 0 Å². The van der Waals surface area contributed by atoms with E-state index in [4.69, 9.17) is 10.5 Å². The van der Waals surface area contributed by atoms with Gasteiger partial charge in [-0.05, 0) is 135 Å². The lowest BCUT2D eigenvalue weighted by atomic mass is 10.0. The van der Waals surface area contributed by atoms with Crippen LogP contribution in [0.2, 0.25) is 0 Å². The van der Waals surface area contributed by atoms with Crippen molar-refractivity contribution in [2.45, 2.75) is 87.7 Å². The third-order valence-electron chi connectivity index (χ3n) is 16.2. The number of ether oxygens (including phenoxy) is 1. The average molecular weight is 1480 g/mol. The maximum absolute atomic E-state index is 15.0. The first kappa shape index (κ1) is 80.4. The number of amides is 11. The van der Waals surface area contributed by atoms with Gasteiger partial charge >= 0.3 is 24.1 Å². The first-order valence-electron chi connectivity index (χ1n) is 33.0. The van der Waals surface area contributed by atoms with Gasteiger partial charge in [-0.3, -0.25) is 38.4 Å². The third-order valence-corrected chi connectivity index (χ3v) is 19.0. The number of rotatable bonds is 34. The van der Waals surface area contributed by atoms with E-state index in [1.165, 1.54) is 108 Å². The summed E-state index contributed by atoms with van der Waals surface area (Å²) in [5.74, 6) is -6.65. The van der Waals surface area contributed by atoms with Gasteiger partial charge < -0.3 is 72.8 Å². The molecule has 6 aromatic rings. The van der Waals surface area contributed by atoms with E-state index in [0.29, 0.717) is 56.0 Å². The molecule has 0 aliphatic carbocycles. The second-order valence-electron chi connectivity index (χ2n) is 25.2. The molecule has 1 fully saturated rings. The average Bonchev–Trinajstić information content (AvgIpc) is 1.61. The maximum atomic E-state index is 15.0. The molecule has 0 spiro atoms. The maximum Gasteiger partial charge on any atom is 0.321 e. The second-order valence-corrected chi connectivity index (χ2v) is 29.2. The molecule has 3 heterocycles. The number of primary amides is 1. The van der Waals surface area contributed by atoms with Crippen LogP contribution in [0.15, 0.2) is 131 Å². The predicted molar refractivity (Wildman–Crippen MR) is 387 cm³/mol. The van der Waals surface area contributed by atoms with Gasteiger partial charge in [0.2, 0.25) is 23.6 Å². The monoisotopic (exact) mass is 1480 g/mol. The lowest BCUT2D eigenvalue weighted by Gasteiger charge is -2.30. The molecule has 7 rings (SSSR count). The Bertz CT molecular complexity index is 4360. The number of carbonyl (C=O) groups is 9. The van der Waals surface area contributed by atoms with E-state index in [-0.39, 0.29) is 82.2 Å². The predicted octanol–water partition coefficient (Wildman–Crippen LogP) is 6.49. The highest BCUT2D eigenvalue weighted by Crippen LogP contribution is 2.34. The Morgan fingerprint density at radius 1 is 0.750 bits per heavy atom. The summed E-state index contributed by atoms with van der Waals surface area (Å²) in [6.07, 6.45) is 3.79. The van der Waals surface area contributed by atoms with Gasteiger partial charge in [-0.2, -0.15) is 4.36 Å².